The van der Waals surface area contributed by atoms with E-state index >= 15 is 0 Å². The molecule has 2 N–H and O–H groups in total. The zero-order valence-corrected chi connectivity index (χ0v) is 19.3. The molecule has 2 aliphatic carbocycles. The highest BCUT2D eigenvalue weighted by molar-refractivity contribution is 7.15. The third-order valence-electron chi connectivity index (χ3n) is 7.91. The topological polar surface area (TPSA) is 58.0 Å². The zero-order valence-electron chi connectivity index (χ0n) is 18.5. The van der Waals surface area contributed by atoms with E-state index in [2.05, 4.69) is 67.5 Å². The molecule has 2 saturated carbocycles. The molecular weight excluding hydrogens is 378 g/mol. The molecule has 0 radical (unpaired) electrons. The second kappa shape index (κ2) is 7.35. The van der Waals surface area contributed by atoms with Gasteiger partial charge in [-0.2, -0.15) is 0 Å². The van der Waals surface area contributed by atoms with Crippen LogP contribution in [0.25, 0.3) is 0 Å². The van der Waals surface area contributed by atoms with E-state index in [4.69, 9.17) is 0 Å². The van der Waals surface area contributed by atoms with Gasteiger partial charge in [-0.25, -0.2) is 0 Å². The van der Waals surface area contributed by atoms with Gasteiger partial charge in [0.2, 0.25) is 5.13 Å². The normalized spacial score (nSPS) is 33.9. The van der Waals surface area contributed by atoms with Crippen LogP contribution in [0.4, 0.5) is 10.8 Å². The number of hydrogen-bond acceptors (Lipinski definition) is 5. The minimum Gasteiger partial charge on any atom is -0.390 e. The first-order valence-electron chi connectivity index (χ1n) is 11.0. The summed E-state index contributed by atoms with van der Waals surface area (Å²) in [5.74, 6) is 0.876. The number of hydrogen-bond donors (Lipinski definition) is 2. The highest BCUT2D eigenvalue weighted by atomic mass is 32.1. The summed E-state index contributed by atoms with van der Waals surface area (Å²) in [7, 11) is 0. The zero-order chi connectivity index (χ0) is 20.9. The van der Waals surface area contributed by atoms with Gasteiger partial charge in [0.1, 0.15) is 5.01 Å². The summed E-state index contributed by atoms with van der Waals surface area (Å²) in [6.45, 7) is 11.4. The van der Waals surface area contributed by atoms with Crippen molar-refractivity contribution < 1.29 is 5.11 Å². The molecule has 1 aromatic carbocycles. The van der Waals surface area contributed by atoms with Crippen LogP contribution in [-0.2, 0) is 6.42 Å². The largest absolute Gasteiger partial charge is 0.390 e. The SMILES string of the molecule is Cc1ccc(Nc2nnc(C[C@@H]3[C@@]4(C)CCCC(C)(C)[C@@H]4CC[C@@]3(C)O)s2)cc1. The van der Waals surface area contributed by atoms with E-state index in [1.165, 1.54) is 24.8 Å². The Morgan fingerprint density at radius 1 is 1.07 bits per heavy atom. The van der Waals surface area contributed by atoms with E-state index in [9.17, 15) is 5.11 Å². The van der Waals surface area contributed by atoms with E-state index in [1.807, 2.05) is 6.92 Å². The van der Waals surface area contributed by atoms with Gasteiger partial charge >= 0.3 is 0 Å². The Balaban J connectivity index is 1.55. The summed E-state index contributed by atoms with van der Waals surface area (Å²) in [6, 6.07) is 8.32. The fraction of sp³-hybridized carbons (Fsp3) is 0.667. The second-order valence-electron chi connectivity index (χ2n) is 10.5. The Morgan fingerprint density at radius 3 is 2.52 bits per heavy atom. The van der Waals surface area contributed by atoms with Crippen LogP contribution in [0.2, 0.25) is 0 Å². The number of aryl methyl sites for hydroxylation is 1. The summed E-state index contributed by atoms with van der Waals surface area (Å²) < 4.78 is 0. The molecular formula is C24H35N3OS. The minimum atomic E-state index is -0.644. The lowest BCUT2D eigenvalue weighted by molar-refractivity contribution is -0.166. The van der Waals surface area contributed by atoms with Gasteiger partial charge in [0.15, 0.2) is 0 Å². The molecule has 4 atom stereocenters. The lowest BCUT2D eigenvalue weighted by Gasteiger charge is -2.61. The average molecular weight is 414 g/mol. The summed E-state index contributed by atoms with van der Waals surface area (Å²) >= 11 is 1.62. The molecule has 5 heteroatoms. The van der Waals surface area contributed by atoms with Gasteiger partial charge in [-0.15, -0.1) is 10.2 Å². The fourth-order valence-electron chi connectivity index (χ4n) is 6.40. The quantitative estimate of drug-likeness (QED) is 0.633. The predicted octanol–water partition coefficient (Wildman–Crippen LogP) is 6.13. The van der Waals surface area contributed by atoms with Gasteiger partial charge in [0.25, 0.3) is 0 Å². The highest BCUT2D eigenvalue weighted by Crippen LogP contribution is 2.62. The molecule has 0 spiro atoms. The van der Waals surface area contributed by atoms with Gasteiger partial charge in [-0.1, -0.05) is 56.2 Å². The number of nitrogens with zero attached hydrogens (tertiary/aromatic N) is 2. The van der Waals surface area contributed by atoms with Crippen LogP contribution >= 0.6 is 11.3 Å². The smallest absolute Gasteiger partial charge is 0.210 e. The molecule has 0 unspecified atom stereocenters. The third-order valence-corrected chi connectivity index (χ3v) is 8.77. The molecule has 1 heterocycles. The minimum absolute atomic E-state index is 0.152. The number of nitrogens with one attached hydrogen (secondary N) is 1. The van der Waals surface area contributed by atoms with Gasteiger partial charge in [0.05, 0.1) is 5.60 Å². The molecule has 1 aromatic heterocycles. The molecule has 2 fully saturated rings. The number of anilines is 2. The predicted molar refractivity (Wildman–Crippen MR) is 121 cm³/mol. The first-order valence-corrected chi connectivity index (χ1v) is 11.8. The number of aromatic nitrogens is 2. The van der Waals surface area contributed by atoms with Crippen LogP contribution in [0.5, 0.6) is 0 Å². The molecule has 0 bridgehead atoms. The van der Waals surface area contributed by atoms with Gasteiger partial charge < -0.3 is 10.4 Å². The van der Waals surface area contributed by atoms with Crippen molar-refractivity contribution in [3.8, 4) is 0 Å². The fourth-order valence-corrected chi connectivity index (χ4v) is 7.20. The molecule has 0 saturated heterocycles. The van der Waals surface area contributed by atoms with Crippen LogP contribution < -0.4 is 5.32 Å². The second-order valence-corrected chi connectivity index (χ2v) is 11.6. The number of aliphatic hydroxyl groups is 1. The number of benzene rings is 1. The van der Waals surface area contributed by atoms with Crippen LogP contribution in [0.15, 0.2) is 24.3 Å². The van der Waals surface area contributed by atoms with E-state index in [-0.39, 0.29) is 11.3 Å². The van der Waals surface area contributed by atoms with Crippen LogP contribution in [0.1, 0.15) is 70.4 Å². The monoisotopic (exact) mass is 413 g/mol. The molecule has 4 nitrogen and oxygen atoms in total. The van der Waals surface area contributed by atoms with Crippen molar-refractivity contribution in [2.24, 2.45) is 22.7 Å². The third kappa shape index (κ3) is 3.96. The standard InChI is InChI=1S/C24H35N3OS/c1-16-7-9-17(10-8-16)25-21-27-26-20(29-21)15-19-23(4)13-6-12-22(2,3)18(23)11-14-24(19,5)28/h7-10,18-19,28H,6,11-15H2,1-5H3,(H,25,27)/t18-,19+,23-,24+/m0/s1. The summed E-state index contributed by atoms with van der Waals surface area (Å²) in [6.07, 6.45) is 6.57. The van der Waals surface area contributed by atoms with Crippen molar-refractivity contribution in [2.45, 2.75) is 78.7 Å². The molecule has 4 rings (SSSR count). The summed E-state index contributed by atoms with van der Waals surface area (Å²) in [5.41, 5.74) is 2.13. The van der Waals surface area contributed by atoms with Crippen molar-refractivity contribution in [2.75, 3.05) is 5.32 Å². The van der Waals surface area contributed by atoms with E-state index in [0.717, 1.165) is 35.1 Å². The van der Waals surface area contributed by atoms with E-state index in [1.54, 1.807) is 11.3 Å². The van der Waals surface area contributed by atoms with Crippen LogP contribution in [-0.4, -0.2) is 20.9 Å². The Morgan fingerprint density at radius 2 is 1.79 bits per heavy atom. The maximum atomic E-state index is 11.4. The molecule has 2 aromatic rings. The Kier molecular flexibility index (Phi) is 5.27. The van der Waals surface area contributed by atoms with Crippen molar-refractivity contribution in [3.05, 3.63) is 34.8 Å². The highest BCUT2D eigenvalue weighted by Gasteiger charge is 2.57. The van der Waals surface area contributed by atoms with E-state index in [0.29, 0.717) is 11.3 Å². The van der Waals surface area contributed by atoms with E-state index < -0.39 is 5.60 Å². The maximum Gasteiger partial charge on any atom is 0.210 e. The number of rotatable bonds is 4. The summed E-state index contributed by atoms with van der Waals surface area (Å²) in [5, 5.41) is 25.5. The van der Waals surface area contributed by atoms with Gasteiger partial charge in [0, 0.05) is 12.1 Å². The Bertz CT molecular complexity index is 857. The molecule has 2 aliphatic rings. The van der Waals surface area contributed by atoms with Crippen molar-refractivity contribution in [1.82, 2.24) is 10.2 Å². The Labute approximate surface area is 179 Å². The molecule has 158 valence electrons. The van der Waals surface area contributed by atoms with Gasteiger partial charge in [-0.05, 0) is 74.3 Å². The molecule has 0 aliphatic heterocycles. The van der Waals surface area contributed by atoms with Crippen LogP contribution in [0.3, 0.4) is 0 Å². The Hall–Kier alpha value is -1.46. The number of fused-ring (bicyclic) bond motifs is 1. The van der Waals surface area contributed by atoms with Gasteiger partial charge in [-0.3, -0.25) is 0 Å². The van der Waals surface area contributed by atoms with Crippen LogP contribution in [0, 0.1) is 29.6 Å². The average Bonchev–Trinajstić information content (AvgIpc) is 3.07. The lowest BCUT2D eigenvalue weighted by Crippen LogP contribution is -2.58. The first-order chi connectivity index (χ1) is 13.6. The maximum absolute atomic E-state index is 11.4. The lowest BCUT2D eigenvalue weighted by atomic mass is 9.45. The summed E-state index contributed by atoms with van der Waals surface area (Å²) in [4.78, 5) is 0. The molecule has 0 amide bonds. The van der Waals surface area contributed by atoms with Crippen molar-refractivity contribution >= 4 is 22.2 Å². The molecule has 29 heavy (non-hydrogen) atoms. The van der Waals surface area contributed by atoms with Crippen molar-refractivity contribution in [1.29, 1.82) is 0 Å². The van der Waals surface area contributed by atoms with Crippen molar-refractivity contribution in [3.63, 3.8) is 0 Å². The first kappa shape index (κ1) is 20.8.